The van der Waals surface area contributed by atoms with Crippen molar-refractivity contribution in [2.75, 3.05) is 11.9 Å². The number of fused-ring (bicyclic) bond motifs is 1. The number of aryl methyl sites for hydroxylation is 1. The number of benzene rings is 2. The first-order valence-corrected chi connectivity index (χ1v) is 10.6. The summed E-state index contributed by atoms with van der Waals surface area (Å²) < 4.78 is 5.73. The van der Waals surface area contributed by atoms with Crippen LogP contribution in [0.2, 0.25) is 10.0 Å². The van der Waals surface area contributed by atoms with Crippen LogP contribution < -0.4 is 15.5 Å². The number of amides is 2. The van der Waals surface area contributed by atoms with Gasteiger partial charge in [-0.15, -0.1) is 0 Å². The van der Waals surface area contributed by atoms with Crippen molar-refractivity contribution in [3.63, 3.8) is 0 Å². The van der Waals surface area contributed by atoms with Crippen molar-refractivity contribution in [1.29, 1.82) is 0 Å². The Morgan fingerprint density at radius 1 is 1.20 bits per heavy atom. The van der Waals surface area contributed by atoms with E-state index in [-0.39, 0.29) is 30.3 Å². The summed E-state index contributed by atoms with van der Waals surface area (Å²) >= 11 is 12.0. The maximum Gasteiger partial charge on any atom is 0.276 e. The Labute approximate surface area is 186 Å². The summed E-state index contributed by atoms with van der Waals surface area (Å²) in [5.74, 6) is 0.280. The highest BCUT2D eigenvalue weighted by molar-refractivity contribution is 6.31. The molecule has 8 heteroatoms. The third kappa shape index (κ3) is 5.18. The quantitative estimate of drug-likeness (QED) is 0.580. The van der Waals surface area contributed by atoms with Crippen LogP contribution in [-0.2, 0) is 4.79 Å². The number of hydrogen-bond acceptors (Lipinski definition) is 4. The van der Waals surface area contributed by atoms with Gasteiger partial charge in [-0.25, -0.2) is 5.01 Å². The van der Waals surface area contributed by atoms with Gasteiger partial charge in [0.2, 0.25) is 5.91 Å². The zero-order valence-electron chi connectivity index (χ0n) is 17.2. The molecular formula is C22H25Cl2N3O3. The van der Waals surface area contributed by atoms with Gasteiger partial charge in [0, 0.05) is 22.2 Å². The fourth-order valence-corrected chi connectivity index (χ4v) is 3.66. The Balaban J connectivity index is 1.58. The Hall–Kier alpha value is -2.44. The molecule has 3 rings (SSSR count). The van der Waals surface area contributed by atoms with E-state index in [9.17, 15) is 9.59 Å². The van der Waals surface area contributed by atoms with Gasteiger partial charge in [0.1, 0.15) is 11.9 Å². The zero-order chi connectivity index (χ0) is 21.8. The monoisotopic (exact) mass is 449 g/mol. The maximum absolute atomic E-state index is 13.0. The molecule has 1 aliphatic rings. The SMILES string of the molecule is Cc1cc(Cl)ccc1OCCCC(=O)NN1C(=O)c2cc(Cl)ccc2NC1C(C)C. The van der Waals surface area contributed by atoms with Crippen LogP contribution in [0.25, 0.3) is 0 Å². The molecule has 0 aromatic heterocycles. The number of nitrogens with one attached hydrogen (secondary N) is 2. The fraction of sp³-hybridized carbons (Fsp3) is 0.364. The van der Waals surface area contributed by atoms with Gasteiger partial charge < -0.3 is 10.1 Å². The molecule has 6 nitrogen and oxygen atoms in total. The van der Waals surface area contributed by atoms with Crippen molar-refractivity contribution in [2.24, 2.45) is 5.92 Å². The predicted molar refractivity (Wildman–Crippen MR) is 119 cm³/mol. The minimum absolute atomic E-state index is 0.0780. The number of hydrogen-bond donors (Lipinski definition) is 2. The van der Waals surface area contributed by atoms with Crippen molar-refractivity contribution >= 4 is 40.7 Å². The van der Waals surface area contributed by atoms with E-state index in [1.54, 1.807) is 24.3 Å². The van der Waals surface area contributed by atoms with Crippen molar-refractivity contribution in [2.45, 2.75) is 39.8 Å². The summed E-state index contributed by atoms with van der Waals surface area (Å²) in [4.78, 5) is 25.5. The second-order valence-corrected chi connectivity index (χ2v) is 8.47. The fourth-order valence-electron chi connectivity index (χ4n) is 3.26. The lowest BCUT2D eigenvalue weighted by Gasteiger charge is -2.39. The molecule has 0 radical (unpaired) electrons. The molecule has 0 aliphatic carbocycles. The van der Waals surface area contributed by atoms with Crippen LogP contribution in [0.15, 0.2) is 36.4 Å². The Bertz CT molecular complexity index is 949. The highest BCUT2D eigenvalue weighted by Gasteiger charge is 2.35. The zero-order valence-corrected chi connectivity index (χ0v) is 18.7. The van der Waals surface area contributed by atoms with E-state index in [1.807, 2.05) is 32.9 Å². The third-order valence-electron chi connectivity index (χ3n) is 4.83. The van der Waals surface area contributed by atoms with E-state index in [0.29, 0.717) is 34.3 Å². The number of ether oxygens (including phenoxy) is 1. The Morgan fingerprint density at radius 2 is 1.90 bits per heavy atom. The summed E-state index contributed by atoms with van der Waals surface area (Å²) in [6, 6.07) is 10.5. The number of hydrazine groups is 1. The standard InChI is InChI=1S/C22H25Cl2N3O3/c1-13(2)21-25-18-8-6-16(24)12-17(18)22(29)27(21)26-20(28)5-4-10-30-19-9-7-15(23)11-14(19)3/h6-9,11-13,21,25H,4-5,10H2,1-3H3,(H,26,28). The lowest BCUT2D eigenvalue weighted by Crippen LogP contribution is -2.59. The summed E-state index contributed by atoms with van der Waals surface area (Å²) in [6.45, 7) is 6.26. The van der Waals surface area contributed by atoms with E-state index < -0.39 is 0 Å². The number of carbonyl (C=O) groups excluding carboxylic acids is 2. The molecule has 30 heavy (non-hydrogen) atoms. The van der Waals surface area contributed by atoms with E-state index in [1.165, 1.54) is 5.01 Å². The van der Waals surface area contributed by atoms with Crippen molar-refractivity contribution in [3.8, 4) is 5.75 Å². The molecular weight excluding hydrogens is 425 g/mol. The lowest BCUT2D eigenvalue weighted by molar-refractivity contribution is -0.126. The van der Waals surface area contributed by atoms with Gasteiger partial charge >= 0.3 is 0 Å². The minimum Gasteiger partial charge on any atom is -0.493 e. The number of carbonyl (C=O) groups is 2. The average molecular weight is 450 g/mol. The van der Waals surface area contributed by atoms with E-state index >= 15 is 0 Å². The van der Waals surface area contributed by atoms with Crippen LogP contribution in [0.1, 0.15) is 42.6 Å². The van der Waals surface area contributed by atoms with Gasteiger partial charge in [-0.05, 0) is 61.2 Å². The van der Waals surface area contributed by atoms with Gasteiger partial charge in [-0.1, -0.05) is 37.0 Å². The molecule has 1 unspecified atom stereocenters. The molecule has 1 aliphatic heterocycles. The molecule has 0 fully saturated rings. The highest BCUT2D eigenvalue weighted by Crippen LogP contribution is 2.29. The molecule has 160 valence electrons. The van der Waals surface area contributed by atoms with Gasteiger partial charge in [0.25, 0.3) is 5.91 Å². The molecule has 2 aromatic carbocycles. The largest absolute Gasteiger partial charge is 0.493 e. The van der Waals surface area contributed by atoms with Gasteiger partial charge in [-0.2, -0.15) is 0 Å². The number of rotatable bonds is 7. The normalized spacial score (nSPS) is 15.6. The van der Waals surface area contributed by atoms with E-state index in [0.717, 1.165) is 11.3 Å². The second-order valence-electron chi connectivity index (χ2n) is 7.60. The van der Waals surface area contributed by atoms with Crippen LogP contribution in [0.5, 0.6) is 5.75 Å². The number of nitrogens with zero attached hydrogens (tertiary/aromatic N) is 1. The summed E-state index contributed by atoms with van der Waals surface area (Å²) in [7, 11) is 0. The molecule has 2 aromatic rings. The molecule has 1 heterocycles. The van der Waals surface area contributed by atoms with E-state index in [2.05, 4.69) is 10.7 Å². The van der Waals surface area contributed by atoms with Crippen LogP contribution in [0.4, 0.5) is 5.69 Å². The van der Waals surface area contributed by atoms with Crippen LogP contribution in [-0.4, -0.2) is 29.6 Å². The summed E-state index contributed by atoms with van der Waals surface area (Å²) in [5, 5.41) is 5.78. The molecule has 0 saturated carbocycles. The topological polar surface area (TPSA) is 70.7 Å². The number of anilines is 1. The molecule has 0 saturated heterocycles. The van der Waals surface area contributed by atoms with E-state index in [4.69, 9.17) is 27.9 Å². The average Bonchev–Trinajstić information content (AvgIpc) is 2.68. The van der Waals surface area contributed by atoms with Crippen molar-refractivity contribution < 1.29 is 14.3 Å². The molecule has 1 atom stereocenters. The Morgan fingerprint density at radius 3 is 2.60 bits per heavy atom. The Kier molecular flexibility index (Phi) is 7.10. The second kappa shape index (κ2) is 9.58. The van der Waals surface area contributed by atoms with Crippen LogP contribution in [0.3, 0.4) is 0 Å². The summed E-state index contributed by atoms with van der Waals surface area (Å²) in [5.41, 5.74) is 4.82. The molecule has 2 N–H and O–H groups in total. The first kappa shape index (κ1) is 22.2. The first-order chi connectivity index (χ1) is 14.3. The first-order valence-electron chi connectivity index (χ1n) is 9.84. The third-order valence-corrected chi connectivity index (χ3v) is 5.30. The molecule has 2 amide bonds. The minimum atomic E-state index is -0.358. The maximum atomic E-state index is 13.0. The summed E-state index contributed by atoms with van der Waals surface area (Å²) in [6.07, 6.45) is 0.380. The van der Waals surface area contributed by atoms with Gasteiger partial charge in [0.05, 0.1) is 12.2 Å². The molecule has 0 spiro atoms. The highest BCUT2D eigenvalue weighted by atomic mass is 35.5. The van der Waals surface area contributed by atoms with Crippen LogP contribution in [0, 0.1) is 12.8 Å². The smallest absolute Gasteiger partial charge is 0.276 e. The van der Waals surface area contributed by atoms with Gasteiger partial charge in [-0.3, -0.25) is 15.0 Å². The van der Waals surface area contributed by atoms with Crippen molar-refractivity contribution in [3.05, 3.63) is 57.6 Å². The van der Waals surface area contributed by atoms with Gasteiger partial charge in [0.15, 0.2) is 0 Å². The van der Waals surface area contributed by atoms with Crippen molar-refractivity contribution in [1.82, 2.24) is 10.4 Å². The predicted octanol–water partition coefficient (Wildman–Crippen LogP) is 5.04. The molecule has 0 bridgehead atoms. The lowest BCUT2D eigenvalue weighted by atomic mass is 10.0. The van der Waals surface area contributed by atoms with Crippen LogP contribution >= 0.6 is 23.2 Å². The number of halogens is 2.